The van der Waals surface area contributed by atoms with E-state index >= 15 is 0 Å². The number of nitrogens with zero attached hydrogens (tertiary/aromatic N) is 1. The van der Waals surface area contributed by atoms with E-state index in [4.69, 9.17) is 4.74 Å². The zero-order valence-electron chi connectivity index (χ0n) is 17.5. The van der Waals surface area contributed by atoms with Crippen molar-refractivity contribution in [3.63, 3.8) is 0 Å². The number of aryl methyl sites for hydroxylation is 2. The standard InChI is InChI=1S/C25H27BrN2O2/c1-17-7-11-20(12-8-17)23-18(2)15-28(16-19-9-13-21(26)14-10-19)24(23)30-25(29)27-22-5-3-4-6-22/h7-15,22H,3-6,16H2,1-2H3,(H,27,29). The van der Waals surface area contributed by atoms with Gasteiger partial charge in [-0.2, -0.15) is 0 Å². The second-order valence-electron chi connectivity index (χ2n) is 8.13. The maximum absolute atomic E-state index is 12.7. The van der Waals surface area contributed by atoms with Gasteiger partial charge >= 0.3 is 6.09 Å². The van der Waals surface area contributed by atoms with Crippen LogP contribution in [0.1, 0.15) is 42.4 Å². The van der Waals surface area contributed by atoms with E-state index in [0.29, 0.717) is 12.4 Å². The van der Waals surface area contributed by atoms with Crippen molar-refractivity contribution < 1.29 is 9.53 Å². The van der Waals surface area contributed by atoms with Crippen LogP contribution in [0, 0.1) is 13.8 Å². The molecule has 0 atom stereocenters. The lowest BCUT2D eigenvalue weighted by atomic mass is 10.0. The van der Waals surface area contributed by atoms with Crippen LogP contribution in [0.3, 0.4) is 0 Å². The molecule has 4 nitrogen and oxygen atoms in total. The topological polar surface area (TPSA) is 43.3 Å². The van der Waals surface area contributed by atoms with Crippen molar-refractivity contribution >= 4 is 22.0 Å². The summed E-state index contributed by atoms with van der Waals surface area (Å²) in [5.74, 6) is 0.592. The minimum Gasteiger partial charge on any atom is -0.392 e. The largest absolute Gasteiger partial charge is 0.414 e. The second kappa shape index (κ2) is 9.09. The fourth-order valence-corrected chi connectivity index (χ4v) is 4.37. The monoisotopic (exact) mass is 466 g/mol. The van der Waals surface area contributed by atoms with Crippen molar-refractivity contribution in [2.24, 2.45) is 0 Å². The van der Waals surface area contributed by atoms with Crippen LogP contribution < -0.4 is 10.1 Å². The van der Waals surface area contributed by atoms with E-state index in [2.05, 4.69) is 77.7 Å². The highest BCUT2D eigenvalue weighted by Crippen LogP contribution is 2.36. The molecule has 0 saturated heterocycles. The zero-order valence-corrected chi connectivity index (χ0v) is 19.0. The number of amides is 1. The van der Waals surface area contributed by atoms with E-state index in [1.54, 1.807) is 0 Å². The van der Waals surface area contributed by atoms with Crippen LogP contribution in [-0.2, 0) is 6.54 Å². The summed E-state index contributed by atoms with van der Waals surface area (Å²) in [4.78, 5) is 12.7. The lowest BCUT2D eigenvalue weighted by Gasteiger charge is -2.15. The molecule has 1 amide bonds. The highest BCUT2D eigenvalue weighted by atomic mass is 79.9. The van der Waals surface area contributed by atoms with Crippen molar-refractivity contribution in [1.82, 2.24) is 9.88 Å². The number of carbonyl (C=O) groups excluding carboxylic acids is 1. The highest BCUT2D eigenvalue weighted by Gasteiger charge is 2.23. The number of rotatable bonds is 5. The summed E-state index contributed by atoms with van der Waals surface area (Å²) in [6, 6.07) is 16.8. The summed E-state index contributed by atoms with van der Waals surface area (Å²) in [6.45, 7) is 4.77. The van der Waals surface area contributed by atoms with Crippen LogP contribution in [0.2, 0.25) is 0 Å². The Bertz CT molecular complexity index is 1020. The molecule has 4 rings (SSSR count). The third kappa shape index (κ3) is 4.78. The molecule has 30 heavy (non-hydrogen) atoms. The zero-order chi connectivity index (χ0) is 21.1. The first-order chi connectivity index (χ1) is 14.5. The van der Waals surface area contributed by atoms with E-state index in [-0.39, 0.29) is 12.1 Å². The van der Waals surface area contributed by atoms with E-state index in [1.165, 1.54) is 18.4 Å². The maximum atomic E-state index is 12.7. The van der Waals surface area contributed by atoms with Crippen molar-refractivity contribution in [3.05, 3.63) is 75.9 Å². The molecule has 0 spiro atoms. The van der Waals surface area contributed by atoms with Gasteiger partial charge in [-0.15, -0.1) is 0 Å². The van der Waals surface area contributed by atoms with Gasteiger partial charge in [0.25, 0.3) is 0 Å². The summed E-state index contributed by atoms with van der Waals surface area (Å²) >= 11 is 3.49. The van der Waals surface area contributed by atoms with Crippen LogP contribution >= 0.6 is 15.9 Å². The molecule has 3 aromatic rings. The third-order valence-corrected chi connectivity index (χ3v) is 6.22. The Morgan fingerprint density at radius 1 is 1.07 bits per heavy atom. The Morgan fingerprint density at radius 3 is 2.40 bits per heavy atom. The fraction of sp³-hybridized carbons (Fsp3) is 0.320. The predicted molar refractivity (Wildman–Crippen MR) is 124 cm³/mol. The number of hydrogen-bond acceptors (Lipinski definition) is 2. The quantitative estimate of drug-likeness (QED) is 0.459. The van der Waals surface area contributed by atoms with E-state index < -0.39 is 0 Å². The number of nitrogens with one attached hydrogen (secondary N) is 1. The first-order valence-corrected chi connectivity index (χ1v) is 11.3. The molecule has 1 aliphatic carbocycles. The van der Waals surface area contributed by atoms with Crippen LogP contribution in [0.4, 0.5) is 4.79 Å². The fourth-order valence-electron chi connectivity index (χ4n) is 4.11. The van der Waals surface area contributed by atoms with Crippen LogP contribution in [-0.4, -0.2) is 16.7 Å². The molecule has 1 aliphatic rings. The smallest absolute Gasteiger partial charge is 0.392 e. The van der Waals surface area contributed by atoms with Gasteiger partial charge in [-0.05, 0) is 55.5 Å². The van der Waals surface area contributed by atoms with Gasteiger partial charge in [0.1, 0.15) is 0 Å². The summed E-state index contributed by atoms with van der Waals surface area (Å²) in [6.07, 6.45) is 6.08. The number of aromatic nitrogens is 1. The summed E-state index contributed by atoms with van der Waals surface area (Å²) in [5.41, 5.74) is 5.45. The summed E-state index contributed by atoms with van der Waals surface area (Å²) in [7, 11) is 0. The Balaban J connectivity index is 1.67. The van der Waals surface area contributed by atoms with Gasteiger partial charge in [-0.3, -0.25) is 0 Å². The summed E-state index contributed by atoms with van der Waals surface area (Å²) < 4.78 is 9.02. The minimum absolute atomic E-state index is 0.219. The highest BCUT2D eigenvalue weighted by molar-refractivity contribution is 9.10. The van der Waals surface area contributed by atoms with E-state index in [0.717, 1.165) is 39.6 Å². The number of ether oxygens (including phenoxy) is 1. The Labute approximate surface area is 186 Å². The lowest BCUT2D eigenvalue weighted by Crippen LogP contribution is -2.35. The van der Waals surface area contributed by atoms with Gasteiger partial charge in [0, 0.05) is 22.3 Å². The number of carbonyl (C=O) groups is 1. The maximum Gasteiger partial charge on any atom is 0.414 e. The normalized spacial score (nSPS) is 14.1. The summed E-state index contributed by atoms with van der Waals surface area (Å²) in [5, 5.41) is 3.04. The molecule has 1 aromatic heterocycles. The molecule has 5 heteroatoms. The van der Waals surface area contributed by atoms with Crippen molar-refractivity contribution in [1.29, 1.82) is 0 Å². The molecule has 1 N–H and O–H groups in total. The Hall–Kier alpha value is -2.53. The average molecular weight is 467 g/mol. The molecular formula is C25H27BrN2O2. The first kappa shape index (κ1) is 20.7. The van der Waals surface area contributed by atoms with Crippen LogP contribution in [0.25, 0.3) is 11.1 Å². The van der Waals surface area contributed by atoms with Gasteiger partial charge in [0.05, 0.1) is 6.54 Å². The Morgan fingerprint density at radius 2 is 1.73 bits per heavy atom. The first-order valence-electron chi connectivity index (χ1n) is 10.5. The van der Waals surface area contributed by atoms with Crippen LogP contribution in [0.15, 0.2) is 59.2 Å². The molecular weight excluding hydrogens is 440 g/mol. The second-order valence-corrected chi connectivity index (χ2v) is 9.04. The SMILES string of the molecule is Cc1ccc(-c2c(C)cn(Cc3ccc(Br)cc3)c2OC(=O)NC2CCCC2)cc1. The minimum atomic E-state index is -0.370. The van der Waals surface area contributed by atoms with Gasteiger partial charge in [0.15, 0.2) is 0 Å². The lowest BCUT2D eigenvalue weighted by molar-refractivity contribution is 0.192. The molecule has 0 bridgehead atoms. The molecule has 1 heterocycles. The van der Waals surface area contributed by atoms with Crippen molar-refractivity contribution in [3.8, 4) is 17.0 Å². The predicted octanol–water partition coefficient (Wildman–Crippen LogP) is 6.61. The molecule has 1 saturated carbocycles. The molecule has 0 aliphatic heterocycles. The molecule has 0 radical (unpaired) electrons. The molecule has 0 unspecified atom stereocenters. The number of halogens is 1. The number of hydrogen-bond donors (Lipinski definition) is 1. The average Bonchev–Trinajstić information content (AvgIpc) is 3.33. The van der Waals surface area contributed by atoms with Gasteiger partial charge in [-0.25, -0.2) is 4.79 Å². The van der Waals surface area contributed by atoms with Crippen molar-refractivity contribution in [2.45, 2.75) is 52.1 Å². The van der Waals surface area contributed by atoms with Gasteiger partial charge in [-0.1, -0.05) is 70.7 Å². The third-order valence-electron chi connectivity index (χ3n) is 5.69. The van der Waals surface area contributed by atoms with Crippen LogP contribution in [0.5, 0.6) is 5.88 Å². The molecule has 2 aromatic carbocycles. The number of benzene rings is 2. The van der Waals surface area contributed by atoms with Gasteiger partial charge in [0.2, 0.25) is 5.88 Å². The van der Waals surface area contributed by atoms with E-state index in [1.807, 2.05) is 16.7 Å². The van der Waals surface area contributed by atoms with E-state index in [9.17, 15) is 4.79 Å². The van der Waals surface area contributed by atoms with Crippen molar-refractivity contribution in [2.75, 3.05) is 0 Å². The molecule has 156 valence electrons. The van der Waals surface area contributed by atoms with Gasteiger partial charge < -0.3 is 14.6 Å². The molecule has 1 fully saturated rings. The Kier molecular flexibility index (Phi) is 6.28.